The number of rotatable bonds is 5. The average molecular weight is 375 g/mol. The molecule has 0 spiro atoms. The molecular weight excluding hydrogens is 363 g/mol. The number of hydrogen-bond donors (Lipinski definition) is 2. The van der Waals surface area contributed by atoms with Gasteiger partial charge < -0.3 is 9.84 Å². The van der Waals surface area contributed by atoms with Crippen LogP contribution in [0.5, 0.6) is 5.75 Å². The highest BCUT2D eigenvalue weighted by Gasteiger charge is 2.34. The number of ether oxygens (including phenoxy) is 1. The number of alkyl halides is 3. The molecule has 0 atom stereocenters. The number of anilines is 1. The smallest absolute Gasteiger partial charge is 0.478 e. The van der Waals surface area contributed by atoms with Crippen LogP contribution in [-0.2, 0) is 10.0 Å². The lowest BCUT2D eigenvalue weighted by atomic mass is 10.1. The number of aromatic carboxylic acids is 1. The molecule has 25 heavy (non-hydrogen) atoms. The molecule has 6 nitrogen and oxygen atoms in total. The molecular formula is C15H12F3NO5S. The first-order valence-electron chi connectivity index (χ1n) is 6.71. The van der Waals surface area contributed by atoms with Crippen LogP contribution < -0.4 is 9.46 Å². The highest BCUT2D eigenvalue weighted by Crippen LogP contribution is 2.31. The molecule has 134 valence electrons. The van der Waals surface area contributed by atoms with E-state index in [0.29, 0.717) is 0 Å². The fraction of sp³-hybridized carbons (Fsp3) is 0.133. The van der Waals surface area contributed by atoms with Crippen molar-refractivity contribution in [3.8, 4) is 5.75 Å². The van der Waals surface area contributed by atoms with Gasteiger partial charge in [-0.05, 0) is 42.8 Å². The summed E-state index contributed by atoms with van der Waals surface area (Å²) < 4.78 is 68.0. The number of carbonyl (C=O) groups is 1. The maximum absolute atomic E-state index is 12.4. The number of hydrogen-bond acceptors (Lipinski definition) is 4. The van der Waals surface area contributed by atoms with Crippen LogP contribution in [0.3, 0.4) is 0 Å². The Labute approximate surface area is 140 Å². The van der Waals surface area contributed by atoms with Crippen molar-refractivity contribution in [1.29, 1.82) is 0 Å². The van der Waals surface area contributed by atoms with E-state index in [0.717, 1.165) is 12.1 Å². The third kappa shape index (κ3) is 4.63. The Morgan fingerprint density at radius 3 is 2.36 bits per heavy atom. The average Bonchev–Trinajstić information content (AvgIpc) is 2.47. The number of sulfonamides is 1. The van der Waals surface area contributed by atoms with E-state index in [2.05, 4.69) is 9.46 Å². The van der Waals surface area contributed by atoms with Gasteiger partial charge in [-0.25, -0.2) is 13.2 Å². The summed E-state index contributed by atoms with van der Waals surface area (Å²) in [7, 11) is -4.39. The lowest BCUT2D eigenvalue weighted by molar-refractivity contribution is -0.275. The fourth-order valence-corrected chi connectivity index (χ4v) is 3.25. The Morgan fingerprint density at radius 1 is 1.16 bits per heavy atom. The van der Waals surface area contributed by atoms with Gasteiger partial charge in [0.25, 0.3) is 10.0 Å². The van der Waals surface area contributed by atoms with E-state index in [9.17, 15) is 26.4 Å². The van der Waals surface area contributed by atoms with Gasteiger partial charge in [-0.1, -0.05) is 12.1 Å². The van der Waals surface area contributed by atoms with Crippen LogP contribution in [0.1, 0.15) is 15.9 Å². The highest BCUT2D eigenvalue weighted by atomic mass is 32.2. The highest BCUT2D eigenvalue weighted by molar-refractivity contribution is 7.92. The Kier molecular flexibility index (Phi) is 4.93. The zero-order chi connectivity index (χ0) is 18.8. The lowest BCUT2D eigenvalue weighted by Gasteiger charge is -2.15. The summed E-state index contributed by atoms with van der Waals surface area (Å²) in [6, 6.07) is 7.91. The molecule has 2 N–H and O–H groups in total. The summed E-state index contributed by atoms with van der Waals surface area (Å²) >= 11 is 0. The van der Waals surface area contributed by atoms with Gasteiger partial charge in [0.15, 0.2) is 0 Å². The van der Waals surface area contributed by atoms with Crippen LogP contribution in [-0.4, -0.2) is 25.9 Å². The molecule has 0 saturated carbocycles. The first-order valence-corrected chi connectivity index (χ1v) is 8.19. The van der Waals surface area contributed by atoms with Crippen LogP contribution in [0.15, 0.2) is 47.4 Å². The number of nitrogens with one attached hydrogen (secondary N) is 1. The maximum Gasteiger partial charge on any atom is 0.573 e. The summed E-state index contributed by atoms with van der Waals surface area (Å²) in [5.41, 5.74) is 0.269. The Balaban J connectivity index is 2.39. The molecule has 0 saturated heterocycles. The van der Waals surface area contributed by atoms with Crippen molar-refractivity contribution in [2.75, 3.05) is 4.72 Å². The summed E-state index contributed by atoms with van der Waals surface area (Å²) in [5, 5.41) is 8.89. The molecule has 2 aromatic carbocycles. The minimum absolute atomic E-state index is 0.0341. The van der Waals surface area contributed by atoms with Gasteiger partial charge in [-0.3, -0.25) is 4.72 Å². The van der Waals surface area contributed by atoms with E-state index in [4.69, 9.17) is 5.11 Å². The molecule has 0 aliphatic carbocycles. The van der Waals surface area contributed by atoms with E-state index < -0.39 is 33.0 Å². The second-order valence-corrected chi connectivity index (χ2v) is 6.59. The summed E-state index contributed by atoms with van der Waals surface area (Å²) in [6.45, 7) is 1.46. The molecule has 0 unspecified atom stereocenters. The summed E-state index contributed by atoms with van der Waals surface area (Å²) in [6.07, 6.45) is -5.05. The molecule has 0 fully saturated rings. The third-order valence-electron chi connectivity index (χ3n) is 3.08. The Hall–Kier alpha value is -2.75. The minimum Gasteiger partial charge on any atom is -0.478 e. The van der Waals surface area contributed by atoms with Crippen molar-refractivity contribution >= 4 is 21.7 Å². The van der Waals surface area contributed by atoms with Gasteiger partial charge in [-0.2, -0.15) is 0 Å². The van der Waals surface area contributed by atoms with Gasteiger partial charge in [0.05, 0.1) is 11.3 Å². The van der Waals surface area contributed by atoms with E-state index in [1.807, 2.05) is 0 Å². The zero-order valence-corrected chi connectivity index (χ0v) is 13.5. The second-order valence-electron chi connectivity index (χ2n) is 4.93. The standard InChI is InChI=1S/C15H12F3NO5S/c1-9-8-10(14(20)21)6-7-11(9)19-25(22,23)13-5-3-2-4-12(13)24-15(16,17)18/h2-8,19H,1H3,(H,20,21). The number of aryl methyl sites for hydroxylation is 1. The summed E-state index contributed by atoms with van der Waals surface area (Å²) in [5.74, 6) is -2.07. The van der Waals surface area contributed by atoms with E-state index in [-0.39, 0.29) is 16.8 Å². The molecule has 0 heterocycles. The fourth-order valence-electron chi connectivity index (χ4n) is 1.99. The molecule has 0 bridgehead atoms. The number of benzene rings is 2. The van der Waals surface area contributed by atoms with Gasteiger partial charge in [0.2, 0.25) is 0 Å². The molecule has 2 rings (SSSR count). The molecule has 0 aromatic heterocycles. The topological polar surface area (TPSA) is 92.7 Å². The first-order chi connectivity index (χ1) is 11.5. The maximum atomic E-state index is 12.4. The van der Waals surface area contributed by atoms with Crippen molar-refractivity contribution in [2.24, 2.45) is 0 Å². The Bertz CT molecular complexity index is 910. The molecule has 0 radical (unpaired) electrons. The van der Waals surface area contributed by atoms with Crippen molar-refractivity contribution in [1.82, 2.24) is 0 Å². The second kappa shape index (κ2) is 6.63. The largest absolute Gasteiger partial charge is 0.573 e. The SMILES string of the molecule is Cc1cc(C(=O)O)ccc1NS(=O)(=O)c1ccccc1OC(F)(F)F. The number of para-hydroxylation sites is 1. The summed E-state index contributed by atoms with van der Waals surface area (Å²) in [4.78, 5) is 10.2. The lowest BCUT2D eigenvalue weighted by Crippen LogP contribution is -2.21. The van der Waals surface area contributed by atoms with E-state index in [1.54, 1.807) is 0 Å². The van der Waals surface area contributed by atoms with E-state index in [1.165, 1.54) is 37.3 Å². The quantitative estimate of drug-likeness (QED) is 0.836. The normalized spacial score (nSPS) is 11.8. The monoisotopic (exact) mass is 375 g/mol. The van der Waals surface area contributed by atoms with Crippen molar-refractivity contribution in [3.63, 3.8) is 0 Å². The molecule has 0 aliphatic rings. The van der Waals surface area contributed by atoms with Crippen LogP contribution in [0.4, 0.5) is 18.9 Å². The van der Waals surface area contributed by atoms with E-state index >= 15 is 0 Å². The van der Waals surface area contributed by atoms with Gasteiger partial charge in [0, 0.05) is 0 Å². The van der Waals surface area contributed by atoms with Crippen LogP contribution in [0.25, 0.3) is 0 Å². The number of halogens is 3. The van der Waals surface area contributed by atoms with Gasteiger partial charge in [-0.15, -0.1) is 13.2 Å². The molecule has 2 aromatic rings. The van der Waals surface area contributed by atoms with Crippen molar-refractivity contribution in [3.05, 3.63) is 53.6 Å². The third-order valence-corrected chi connectivity index (χ3v) is 4.49. The van der Waals surface area contributed by atoms with Gasteiger partial charge in [0.1, 0.15) is 10.6 Å². The number of carboxylic acid groups (broad SMARTS) is 1. The van der Waals surface area contributed by atoms with Crippen molar-refractivity contribution < 1.29 is 36.2 Å². The number of carboxylic acids is 1. The van der Waals surface area contributed by atoms with Gasteiger partial charge >= 0.3 is 12.3 Å². The zero-order valence-electron chi connectivity index (χ0n) is 12.7. The van der Waals surface area contributed by atoms with Crippen LogP contribution in [0.2, 0.25) is 0 Å². The predicted octanol–water partition coefficient (Wildman–Crippen LogP) is 3.39. The van der Waals surface area contributed by atoms with Crippen LogP contribution >= 0.6 is 0 Å². The Morgan fingerprint density at radius 2 is 1.80 bits per heavy atom. The van der Waals surface area contributed by atoms with Crippen molar-refractivity contribution in [2.45, 2.75) is 18.2 Å². The minimum atomic E-state index is -5.05. The first kappa shape index (κ1) is 18.6. The molecule has 0 amide bonds. The predicted molar refractivity (Wildman–Crippen MR) is 82.1 cm³/mol. The molecule has 0 aliphatic heterocycles. The van der Waals surface area contributed by atoms with Crippen LogP contribution in [0, 0.1) is 6.92 Å². The molecule has 10 heteroatoms.